The molecule has 3 N–H and O–H groups in total. The monoisotopic (exact) mass is 334 g/mol. The second-order valence-corrected chi connectivity index (χ2v) is 6.66. The zero-order chi connectivity index (χ0) is 14.9. The van der Waals surface area contributed by atoms with Crippen molar-refractivity contribution >= 4 is 39.0 Å². The third-order valence-corrected chi connectivity index (χ3v) is 4.86. The summed E-state index contributed by atoms with van der Waals surface area (Å²) in [5.41, 5.74) is 6.34. The van der Waals surface area contributed by atoms with E-state index in [2.05, 4.69) is 9.82 Å². The molecule has 2 rings (SSSR count). The molecule has 0 bridgehead atoms. The van der Waals surface area contributed by atoms with Gasteiger partial charge in [-0.15, -0.1) is 0 Å². The molecule has 0 amide bonds. The van der Waals surface area contributed by atoms with Crippen molar-refractivity contribution in [2.45, 2.75) is 11.4 Å². The summed E-state index contributed by atoms with van der Waals surface area (Å²) >= 11 is 11.6. The normalized spacial score (nSPS) is 11.8. The van der Waals surface area contributed by atoms with E-state index < -0.39 is 10.0 Å². The largest absolute Gasteiger partial charge is 0.384 e. The molecule has 6 nitrogen and oxygen atoms in total. The number of rotatable bonds is 4. The molecule has 1 aromatic heterocycles. The predicted molar refractivity (Wildman–Crippen MR) is 78.1 cm³/mol. The number of hydrogen-bond donors (Lipinski definition) is 2. The molecule has 0 saturated carbocycles. The molecule has 1 heterocycles. The van der Waals surface area contributed by atoms with Gasteiger partial charge in [-0.1, -0.05) is 23.2 Å². The standard InChI is InChI=1S/C11H12Cl2N4O2S/c1-17-11(14)7(5-15-17)6-16-20(18,19)8-2-3-9(12)10(13)4-8/h2-5,16H,6,14H2,1H3. The third-order valence-electron chi connectivity index (χ3n) is 2.72. The lowest BCUT2D eigenvalue weighted by Crippen LogP contribution is -2.23. The first-order valence-corrected chi connectivity index (χ1v) is 7.76. The zero-order valence-corrected chi connectivity index (χ0v) is 12.8. The number of sulfonamides is 1. The van der Waals surface area contributed by atoms with Gasteiger partial charge in [0, 0.05) is 19.2 Å². The molecular formula is C11H12Cl2N4O2S. The summed E-state index contributed by atoms with van der Waals surface area (Å²) < 4.78 is 28.1. The van der Waals surface area contributed by atoms with Crippen molar-refractivity contribution in [3.63, 3.8) is 0 Å². The Balaban J connectivity index is 2.19. The first-order chi connectivity index (χ1) is 9.31. The van der Waals surface area contributed by atoms with Gasteiger partial charge in [0.1, 0.15) is 5.82 Å². The highest BCUT2D eigenvalue weighted by molar-refractivity contribution is 7.89. The number of aryl methyl sites for hydroxylation is 1. The van der Waals surface area contributed by atoms with Crippen molar-refractivity contribution in [3.05, 3.63) is 40.0 Å². The number of aromatic nitrogens is 2. The van der Waals surface area contributed by atoms with Gasteiger partial charge in [0.05, 0.1) is 21.1 Å². The minimum absolute atomic E-state index is 0.0364. The summed E-state index contributed by atoms with van der Waals surface area (Å²) in [6.07, 6.45) is 1.51. The number of nitrogen functional groups attached to an aromatic ring is 1. The Kier molecular flexibility index (Phi) is 4.24. The average Bonchev–Trinajstić information content (AvgIpc) is 2.71. The van der Waals surface area contributed by atoms with E-state index in [1.54, 1.807) is 7.05 Å². The second-order valence-electron chi connectivity index (χ2n) is 4.08. The van der Waals surface area contributed by atoms with Gasteiger partial charge in [0.15, 0.2) is 0 Å². The number of nitrogens with one attached hydrogen (secondary N) is 1. The first-order valence-electron chi connectivity index (χ1n) is 5.52. The Labute approximate surface area is 126 Å². The molecule has 0 fully saturated rings. The van der Waals surface area contributed by atoms with Gasteiger partial charge in [0.25, 0.3) is 0 Å². The van der Waals surface area contributed by atoms with Crippen LogP contribution in [0.1, 0.15) is 5.56 Å². The van der Waals surface area contributed by atoms with Crippen molar-refractivity contribution in [1.29, 1.82) is 0 Å². The van der Waals surface area contributed by atoms with Crippen LogP contribution in [0, 0.1) is 0 Å². The van der Waals surface area contributed by atoms with E-state index in [1.807, 2.05) is 0 Å². The lowest BCUT2D eigenvalue weighted by atomic mass is 10.3. The first kappa shape index (κ1) is 15.1. The summed E-state index contributed by atoms with van der Waals surface area (Å²) in [4.78, 5) is 0.0364. The molecule has 108 valence electrons. The molecule has 0 atom stereocenters. The Bertz CT molecular complexity index is 743. The van der Waals surface area contributed by atoms with Gasteiger partial charge >= 0.3 is 0 Å². The van der Waals surface area contributed by atoms with E-state index in [0.29, 0.717) is 16.4 Å². The fourth-order valence-corrected chi connectivity index (χ4v) is 2.92. The SMILES string of the molecule is Cn1ncc(CNS(=O)(=O)c2ccc(Cl)c(Cl)c2)c1N. The maximum atomic E-state index is 12.1. The molecule has 0 unspecified atom stereocenters. The van der Waals surface area contributed by atoms with Crippen LogP contribution in [0.5, 0.6) is 0 Å². The summed E-state index contributed by atoms with van der Waals surface area (Å²) in [6.45, 7) is 0.0439. The molecule has 0 aliphatic heterocycles. The van der Waals surface area contributed by atoms with E-state index in [1.165, 1.54) is 29.1 Å². The summed E-state index contributed by atoms with van der Waals surface area (Å²) in [7, 11) is -2.02. The summed E-state index contributed by atoms with van der Waals surface area (Å²) in [5.74, 6) is 0.404. The summed E-state index contributed by atoms with van der Waals surface area (Å²) in [5, 5.41) is 4.40. The van der Waals surface area contributed by atoms with Gasteiger partial charge in [0.2, 0.25) is 10.0 Å². The average molecular weight is 335 g/mol. The van der Waals surface area contributed by atoms with Gasteiger partial charge < -0.3 is 5.73 Å². The van der Waals surface area contributed by atoms with Crippen molar-refractivity contribution in [1.82, 2.24) is 14.5 Å². The lowest BCUT2D eigenvalue weighted by molar-refractivity contribution is 0.581. The highest BCUT2D eigenvalue weighted by Crippen LogP contribution is 2.24. The van der Waals surface area contributed by atoms with Crippen LogP contribution in [0.3, 0.4) is 0 Å². The van der Waals surface area contributed by atoms with Crippen molar-refractivity contribution in [2.24, 2.45) is 7.05 Å². The molecular weight excluding hydrogens is 323 g/mol. The zero-order valence-electron chi connectivity index (χ0n) is 10.5. The van der Waals surface area contributed by atoms with Crippen LogP contribution in [0.2, 0.25) is 10.0 Å². The fourth-order valence-electron chi connectivity index (χ4n) is 1.53. The van der Waals surface area contributed by atoms with E-state index in [9.17, 15) is 8.42 Å². The Morgan fingerprint density at radius 3 is 2.60 bits per heavy atom. The smallest absolute Gasteiger partial charge is 0.240 e. The molecule has 20 heavy (non-hydrogen) atoms. The minimum Gasteiger partial charge on any atom is -0.384 e. The van der Waals surface area contributed by atoms with Gasteiger partial charge in [-0.3, -0.25) is 4.68 Å². The highest BCUT2D eigenvalue weighted by Gasteiger charge is 2.16. The van der Waals surface area contributed by atoms with Gasteiger partial charge in [-0.25, -0.2) is 13.1 Å². The number of halogens is 2. The van der Waals surface area contributed by atoms with Crippen molar-refractivity contribution in [3.8, 4) is 0 Å². The molecule has 2 aromatic rings. The van der Waals surface area contributed by atoms with Crippen LogP contribution >= 0.6 is 23.2 Å². The highest BCUT2D eigenvalue weighted by atomic mass is 35.5. The number of nitrogens with two attached hydrogens (primary N) is 1. The maximum Gasteiger partial charge on any atom is 0.240 e. The quantitative estimate of drug-likeness (QED) is 0.891. The number of anilines is 1. The Morgan fingerprint density at radius 2 is 2.05 bits per heavy atom. The van der Waals surface area contributed by atoms with Crippen LogP contribution in [-0.2, 0) is 23.6 Å². The minimum atomic E-state index is -3.69. The Morgan fingerprint density at radius 1 is 1.35 bits per heavy atom. The summed E-state index contributed by atoms with van der Waals surface area (Å²) in [6, 6.07) is 4.10. The molecule has 1 aromatic carbocycles. The number of hydrogen-bond acceptors (Lipinski definition) is 4. The third kappa shape index (κ3) is 3.06. The van der Waals surface area contributed by atoms with Crippen LogP contribution in [0.4, 0.5) is 5.82 Å². The second kappa shape index (κ2) is 5.61. The van der Waals surface area contributed by atoms with E-state index in [0.717, 1.165) is 0 Å². The predicted octanol–water partition coefficient (Wildman–Crippen LogP) is 1.79. The Hall–Kier alpha value is -1.28. The van der Waals surface area contributed by atoms with Crippen LogP contribution in [0.25, 0.3) is 0 Å². The van der Waals surface area contributed by atoms with Gasteiger partial charge in [-0.05, 0) is 18.2 Å². The molecule has 0 saturated heterocycles. The number of nitrogens with zero attached hydrogens (tertiary/aromatic N) is 2. The lowest BCUT2D eigenvalue weighted by Gasteiger charge is -2.07. The van der Waals surface area contributed by atoms with Crippen molar-refractivity contribution in [2.75, 3.05) is 5.73 Å². The molecule has 0 radical (unpaired) electrons. The van der Waals surface area contributed by atoms with Crippen LogP contribution < -0.4 is 10.5 Å². The van der Waals surface area contributed by atoms with E-state index in [4.69, 9.17) is 28.9 Å². The molecule has 0 aliphatic rings. The number of benzene rings is 1. The molecule has 0 aliphatic carbocycles. The fraction of sp³-hybridized carbons (Fsp3) is 0.182. The maximum absolute atomic E-state index is 12.1. The van der Waals surface area contributed by atoms with E-state index >= 15 is 0 Å². The van der Waals surface area contributed by atoms with Crippen molar-refractivity contribution < 1.29 is 8.42 Å². The van der Waals surface area contributed by atoms with Crippen LogP contribution in [0.15, 0.2) is 29.3 Å². The molecule has 0 spiro atoms. The van der Waals surface area contributed by atoms with Gasteiger partial charge in [-0.2, -0.15) is 5.10 Å². The van der Waals surface area contributed by atoms with Crippen LogP contribution in [-0.4, -0.2) is 18.2 Å². The van der Waals surface area contributed by atoms with E-state index in [-0.39, 0.29) is 16.5 Å². The topological polar surface area (TPSA) is 90.0 Å². The molecule has 9 heteroatoms.